The molecule has 0 bridgehead atoms. The van der Waals surface area contributed by atoms with Gasteiger partial charge in [0.25, 0.3) is 5.91 Å². The predicted molar refractivity (Wildman–Crippen MR) is 82.4 cm³/mol. The number of pyridine rings is 1. The van der Waals surface area contributed by atoms with Crippen LogP contribution in [0.4, 0.5) is 0 Å². The summed E-state index contributed by atoms with van der Waals surface area (Å²) >= 11 is 3.62. The Balaban J connectivity index is 2.00. The molecule has 1 aromatic heterocycles. The zero-order valence-electron chi connectivity index (χ0n) is 11.8. The van der Waals surface area contributed by atoms with Gasteiger partial charge in [0, 0.05) is 18.1 Å². The van der Waals surface area contributed by atoms with E-state index in [-0.39, 0.29) is 11.3 Å². The van der Waals surface area contributed by atoms with E-state index in [0.29, 0.717) is 17.9 Å². The van der Waals surface area contributed by atoms with Gasteiger partial charge < -0.3 is 10.1 Å². The third kappa shape index (κ3) is 3.51. The van der Waals surface area contributed by atoms with E-state index < -0.39 is 0 Å². The molecule has 5 heteroatoms. The highest BCUT2D eigenvalue weighted by atomic mass is 79.9. The van der Waals surface area contributed by atoms with Crippen LogP contribution in [0.25, 0.3) is 0 Å². The van der Waals surface area contributed by atoms with Crippen LogP contribution in [0.1, 0.15) is 42.5 Å². The molecule has 110 valence electrons. The van der Waals surface area contributed by atoms with Gasteiger partial charge >= 0.3 is 0 Å². The summed E-state index contributed by atoms with van der Waals surface area (Å²) in [5, 5.41) is 4.00. The van der Waals surface area contributed by atoms with Crippen molar-refractivity contribution in [2.45, 2.75) is 32.1 Å². The van der Waals surface area contributed by atoms with E-state index in [0.717, 1.165) is 5.33 Å². The number of nitrogens with one attached hydrogen (secondary N) is 1. The second-order valence-electron chi connectivity index (χ2n) is 5.45. The standard InChI is InChI=1S/C15H21BrN2O2/c1-20-13-9-17-8-5-12(13)14(19)18-11-15(10-16)6-3-2-4-7-15/h5,8-9H,2-4,6-7,10-11H2,1H3,(H,18,19). The Kier molecular flexibility index (Phi) is 5.40. The van der Waals surface area contributed by atoms with Crippen LogP contribution in [-0.2, 0) is 0 Å². The van der Waals surface area contributed by atoms with Gasteiger partial charge in [0.05, 0.1) is 18.9 Å². The number of rotatable bonds is 5. The molecule has 1 aromatic rings. The number of halogens is 1. The first-order chi connectivity index (χ1) is 9.71. The lowest BCUT2D eigenvalue weighted by molar-refractivity contribution is 0.0918. The van der Waals surface area contributed by atoms with Gasteiger partial charge in [-0.3, -0.25) is 9.78 Å². The van der Waals surface area contributed by atoms with Gasteiger partial charge in [0.15, 0.2) is 0 Å². The number of methoxy groups -OCH3 is 1. The molecule has 1 amide bonds. The lowest BCUT2D eigenvalue weighted by atomic mass is 9.75. The number of hydrogen-bond acceptors (Lipinski definition) is 3. The van der Waals surface area contributed by atoms with Gasteiger partial charge in [-0.25, -0.2) is 0 Å². The number of ether oxygens (including phenoxy) is 1. The third-order valence-corrected chi connectivity index (χ3v) is 5.26. The van der Waals surface area contributed by atoms with Crippen molar-refractivity contribution in [3.63, 3.8) is 0 Å². The monoisotopic (exact) mass is 340 g/mol. The fourth-order valence-corrected chi connectivity index (χ4v) is 3.51. The average Bonchev–Trinajstić information content (AvgIpc) is 2.53. The van der Waals surface area contributed by atoms with Gasteiger partial charge in [-0.2, -0.15) is 0 Å². The van der Waals surface area contributed by atoms with E-state index in [4.69, 9.17) is 4.74 Å². The van der Waals surface area contributed by atoms with Crippen molar-refractivity contribution in [2.75, 3.05) is 19.0 Å². The van der Waals surface area contributed by atoms with Crippen LogP contribution in [0, 0.1) is 5.41 Å². The maximum atomic E-state index is 12.3. The molecule has 1 N–H and O–H groups in total. The second kappa shape index (κ2) is 7.07. The Morgan fingerprint density at radius 3 is 2.85 bits per heavy atom. The molecule has 4 nitrogen and oxygen atoms in total. The van der Waals surface area contributed by atoms with Crippen LogP contribution in [0.5, 0.6) is 5.75 Å². The molecule has 1 aliphatic carbocycles. The van der Waals surface area contributed by atoms with Crippen LogP contribution in [0.15, 0.2) is 18.5 Å². The minimum atomic E-state index is -0.0878. The van der Waals surface area contributed by atoms with E-state index in [2.05, 4.69) is 26.2 Å². The summed E-state index contributed by atoms with van der Waals surface area (Å²) in [4.78, 5) is 16.3. The summed E-state index contributed by atoms with van der Waals surface area (Å²) in [6.45, 7) is 0.711. The predicted octanol–water partition coefficient (Wildman–Crippen LogP) is 3.17. The van der Waals surface area contributed by atoms with Gasteiger partial charge in [-0.05, 0) is 24.3 Å². The van der Waals surface area contributed by atoms with Crippen LogP contribution in [0.3, 0.4) is 0 Å². The number of amides is 1. The molecular weight excluding hydrogens is 320 g/mol. The highest BCUT2D eigenvalue weighted by Crippen LogP contribution is 2.37. The molecule has 0 spiro atoms. The van der Waals surface area contributed by atoms with Crippen molar-refractivity contribution in [3.8, 4) is 5.75 Å². The van der Waals surface area contributed by atoms with Crippen molar-refractivity contribution < 1.29 is 9.53 Å². The first-order valence-electron chi connectivity index (χ1n) is 7.03. The minimum absolute atomic E-state index is 0.0878. The molecule has 1 saturated carbocycles. The van der Waals surface area contributed by atoms with E-state index >= 15 is 0 Å². The molecule has 0 unspecified atom stereocenters. The molecule has 1 aliphatic rings. The summed E-state index contributed by atoms with van der Waals surface area (Å²) in [6, 6.07) is 1.69. The van der Waals surface area contributed by atoms with Gasteiger partial charge in [-0.15, -0.1) is 0 Å². The highest BCUT2D eigenvalue weighted by Gasteiger charge is 2.31. The molecule has 1 fully saturated rings. The maximum Gasteiger partial charge on any atom is 0.255 e. The summed E-state index contributed by atoms with van der Waals surface area (Å²) in [5.41, 5.74) is 0.747. The summed E-state index contributed by atoms with van der Waals surface area (Å²) < 4.78 is 5.18. The summed E-state index contributed by atoms with van der Waals surface area (Å²) in [5.74, 6) is 0.427. The first-order valence-corrected chi connectivity index (χ1v) is 8.15. The Bertz CT molecular complexity index is 459. The largest absolute Gasteiger partial charge is 0.494 e. The number of carbonyl (C=O) groups excluding carboxylic acids is 1. The van der Waals surface area contributed by atoms with Crippen LogP contribution >= 0.6 is 15.9 Å². The molecule has 2 rings (SSSR count). The Morgan fingerprint density at radius 1 is 1.45 bits per heavy atom. The van der Waals surface area contributed by atoms with Gasteiger partial charge in [0.2, 0.25) is 0 Å². The fraction of sp³-hybridized carbons (Fsp3) is 0.600. The summed E-state index contributed by atoms with van der Waals surface area (Å²) in [6.07, 6.45) is 9.33. The van der Waals surface area contributed by atoms with Gasteiger partial charge in [-0.1, -0.05) is 35.2 Å². The number of hydrogen-bond donors (Lipinski definition) is 1. The Hall–Kier alpha value is -1.10. The average molecular weight is 341 g/mol. The van der Waals surface area contributed by atoms with Crippen molar-refractivity contribution >= 4 is 21.8 Å². The molecule has 0 aromatic carbocycles. The number of carbonyl (C=O) groups is 1. The number of aromatic nitrogens is 1. The zero-order valence-corrected chi connectivity index (χ0v) is 13.4. The molecule has 0 aliphatic heterocycles. The number of nitrogens with zero attached hydrogens (tertiary/aromatic N) is 1. The highest BCUT2D eigenvalue weighted by molar-refractivity contribution is 9.09. The molecule has 0 radical (unpaired) electrons. The van der Waals surface area contributed by atoms with Crippen molar-refractivity contribution in [1.82, 2.24) is 10.3 Å². The first kappa shape index (κ1) is 15.3. The fourth-order valence-electron chi connectivity index (χ4n) is 2.75. The van der Waals surface area contributed by atoms with Crippen LogP contribution < -0.4 is 10.1 Å². The van der Waals surface area contributed by atoms with Crippen molar-refractivity contribution in [3.05, 3.63) is 24.0 Å². The van der Waals surface area contributed by atoms with Crippen LogP contribution in [0.2, 0.25) is 0 Å². The number of alkyl halides is 1. The normalized spacial score (nSPS) is 17.5. The van der Waals surface area contributed by atoms with E-state index in [1.807, 2.05) is 0 Å². The van der Waals surface area contributed by atoms with Crippen molar-refractivity contribution in [2.24, 2.45) is 5.41 Å². The van der Waals surface area contributed by atoms with E-state index in [1.165, 1.54) is 32.1 Å². The van der Waals surface area contributed by atoms with E-state index in [1.54, 1.807) is 25.6 Å². The van der Waals surface area contributed by atoms with Crippen LogP contribution in [-0.4, -0.2) is 29.9 Å². The molecule has 0 atom stereocenters. The lowest BCUT2D eigenvalue weighted by Gasteiger charge is -2.35. The minimum Gasteiger partial charge on any atom is -0.494 e. The Morgan fingerprint density at radius 2 is 2.20 bits per heavy atom. The quantitative estimate of drug-likeness (QED) is 0.837. The molecule has 20 heavy (non-hydrogen) atoms. The van der Waals surface area contributed by atoms with Gasteiger partial charge in [0.1, 0.15) is 5.75 Å². The SMILES string of the molecule is COc1cnccc1C(=O)NCC1(CBr)CCCCC1. The lowest BCUT2D eigenvalue weighted by Crippen LogP contribution is -2.40. The topological polar surface area (TPSA) is 51.2 Å². The maximum absolute atomic E-state index is 12.3. The Labute approximate surface area is 128 Å². The third-order valence-electron chi connectivity index (χ3n) is 4.07. The molecule has 1 heterocycles. The second-order valence-corrected chi connectivity index (χ2v) is 6.01. The summed E-state index contributed by atoms with van der Waals surface area (Å²) in [7, 11) is 1.55. The van der Waals surface area contributed by atoms with Crippen molar-refractivity contribution in [1.29, 1.82) is 0 Å². The zero-order chi connectivity index (χ0) is 14.4. The smallest absolute Gasteiger partial charge is 0.255 e. The van der Waals surface area contributed by atoms with E-state index in [9.17, 15) is 4.79 Å². The molecular formula is C15H21BrN2O2. The molecule has 0 saturated heterocycles.